The number of esters is 1. The first-order valence-electron chi connectivity index (χ1n) is 8.32. The van der Waals surface area contributed by atoms with E-state index in [2.05, 4.69) is 14.6 Å². The van der Waals surface area contributed by atoms with Crippen LogP contribution in [0.4, 0.5) is 0 Å². The van der Waals surface area contributed by atoms with E-state index in [0.717, 1.165) is 11.1 Å². The molecule has 0 unspecified atom stereocenters. The first kappa shape index (κ1) is 20.1. The van der Waals surface area contributed by atoms with Crippen molar-refractivity contribution in [1.82, 2.24) is 14.5 Å². The van der Waals surface area contributed by atoms with Crippen LogP contribution in [0, 0.1) is 0 Å². The third kappa shape index (κ3) is 4.59. The number of sulfonamides is 1. The number of halogens is 1. The molecule has 7 nitrogen and oxygen atoms in total. The minimum absolute atomic E-state index is 0.0185. The summed E-state index contributed by atoms with van der Waals surface area (Å²) in [5.41, 5.74) is 1.84. The Hall–Kier alpha value is -2.68. The second kappa shape index (κ2) is 8.55. The maximum Gasteiger partial charge on any atom is 0.337 e. The lowest BCUT2D eigenvalue weighted by atomic mass is 10.1. The van der Waals surface area contributed by atoms with Crippen molar-refractivity contribution in [3.05, 3.63) is 82.6 Å². The van der Waals surface area contributed by atoms with E-state index in [1.807, 2.05) is 36.5 Å². The molecule has 1 aromatic heterocycles. The molecular weight excluding hydrogens is 402 g/mol. The summed E-state index contributed by atoms with van der Waals surface area (Å²) < 4.78 is 34.4. The molecule has 0 saturated heterocycles. The minimum atomic E-state index is -3.94. The van der Waals surface area contributed by atoms with E-state index in [1.54, 1.807) is 10.9 Å². The number of carbonyl (C=O) groups excluding carboxylic acids is 1. The molecule has 2 aromatic carbocycles. The Morgan fingerprint density at radius 3 is 2.61 bits per heavy atom. The van der Waals surface area contributed by atoms with Crippen LogP contribution in [0.15, 0.2) is 65.8 Å². The number of methoxy groups -OCH3 is 1. The Labute approximate surface area is 168 Å². The Balaban J connectivity index is 1.82. The van der Waals surface area contributed by atoms with Gasteiger partial charge in [-0.15, -0.1) is 0 Å². The Kier molecular flexibility index (Phi) is 6.13. The number of ether oxygens (including phenoxy) is 1. The van der Waals surface area contributed by atoms with Gasteiger partial charge >= 0.3 is 5.97 Å². The molecule has 0 radical (unpaired) electrons. The van der Waals surface area contributed by atoms with Gasteiger partial charge in [-0.25, -0.2) is 17.9 Å². The monoisotopic (exact) mass is 419 g/mol. The van der Waals surface area contributed by atoms with Gasteiger partial charge in [-0.3, -0.25) is 4.68 Å². The highest BCUT2D eigenvalue weighted by Crippen LogP contribution is 2.23. The van der Waals surface area contributed by atoms with E-state index in [4.69, 9.17) is 11.6 Å². The summed E-state index contributed by atoms with van der Waals surface area (Å²) >= 11 is 6.05. The summed E-state index contributed by atoms with van der Waals surface area (Å²) in [6, 6.07) is 13.3. The first-order valence-corrected chi connectivity index (χ1v) is 10.2. The number of nitrogens with one attached hydrogen (secondary N) is 1. The lowest BCUT2D eigenvalue weighted by molar-refractivity contribution is 0.0600. The average molecular weight is 420 g/mol. The van der Waals surface area contributed by atoms with Gasteiger partial charge in [0.2, 0.25) is 10.0 Å². The maximum absolute atomic E-state index is 12.8. The van der Waals surface area contributed by atoms with E-state index < -0.39 is 16.0 Å². The molecule has 1 N–H and O–H groups in total. The Bertz CT molecular complexity index is 1080. The zero-order valence-electron chi connectivity index (χ0n) is 15.0. The molecule has 3 rings (SSSR count). The molecule has 0 aliphatic heterocycles. The van der Waals surface area contributed by atoms with Crippen molar-refractivity contribution in [1.29, 1.82) is 0 Å². The minimum Gasteiger partial charge on any atom is -0.465 e. The number of nitrogens with zero attached hydrogens (tertiary/aromatic N) is 2. The molecule has 1 heterocycles. The topological polar surface area (TPSA) is 90.3 Å². The van der Waals surface area contributed by atoms with Crippen LogP contribution in [0.1, 0.15) is 21.5 Å². The molecule has 28 heavy (non-hydrogen) atoms. The van der Waals surface area contributed by atoms with Crippen LogP contribution in [0.3, 0.4) is 0 Å². The van der Waals surface area contributed by atoms with Crippen molar-refractivity contribution < 1.29 is 17.9 Å². The normalized spacial score (nSPS) is 11.4. The smallest absolute Gasteiger partial charge is 0.337 e. The summed E-state index contributed by atoms with van der Waals surface area (Å²) in [5, 5.41) is 4.19. The van der Waals surface area contributed by atoms with E-state index in [-0.39, 0.29) is 22.0 Å². The lowest BCUT2D eigenvalue weighted by Crippen LogP contribution is -2.24. The quantitative estimate of drug-likeness (QED) is 0.595. The third-order valence-electron chi connectivity index (χ3n) is 4.10. The summed E-state index contributed by atoms with van der Waals surface area (Å²) in [6.07, 6.45) is 3.51. The molecule has 0 atom stereocenters. The molecule has 0 fully saturated rings. The maximum atomic E-state index is 12.8. The predicted octanol–water partition coefficient (Wildman–Crippen LogP) is 2.85. The fraction of sp³-hybridized carbons (Fsp3) is 0.158. The number of hydrogen-bond acceptors (Lipinski definition) is 5. The number of benzene rings is 2. The Morgan fingerprint density at radius 2 is 1.93 bits per heavy atom. The van der Waals surface area contributed by atoms with Gasteiger partial charge in [-0.2, -0.15) is 5.10 Å². The van der Waals surface area contributed by atoms with E-state index in [0.29, 0.717) is 6.54 Å². The molecule has 0 aliphatic carbocycles. The van der Waals surface area contributed by atoms with Crippen LogP contribution < -0.4 is 4.72 Å². The molecule has 0 bridgehead atoms. The molecule has 0 amide bonds. The summed E-state index contributed by atoms with van der Waals surface area (Å²) in [4.78, 5) is 11.5. The standard InChI is InChI=1S/C19H18ClN3O4S/c1-27-19(24)14-7-8-17(20)18(11-14)28(25,26)22-12-15-5-2-3-6-16(15)13-23-10-4-9-21-23/h2-11,22H,12-13H2,1H3. The van der Waals surface area contributed by atoms with Gasteiger partial charge in [0.05, 0.1) is 24.2 Å². The number of hydrogen-bond donors (Lipinski definition) is 1. The van der Waals surface area contributed by atoms with Gasteiger partial charge < -0.3 is 4.74 Å². The van der Waals surface area contributed by atoms with Crippen molar-refractivity contribution in [2.24, 2.45) is 0 Å². The van der Waals surface area contributed by atoms with Gasteiger partial charge in [0.15, 0.2) is 0 Å². The van der Waals surface area contributed by atoms with Crippen molar-refractivity contribution in [3.63, 3.8) is 0 Å². The highest BCUT2D eigenvalue weighted by Gasteiger charge is 2.20. The predicted molar refractivity (Wildman–Crippen MR) is 105 cm³/mol. The van der Waals surface area contributed by atoms with Gasteiger partial charge in [-0.05, 0) is 35.4 Å². The zero-order chi connectivity index (χ0) is 20.1. The van der Waals surface area contributed by atoms with E-state index in [1.165, 1.54) is 25.3 Å². The summed E-state index contributed by atoms with van der Waals surface area (Å²) in [5.74, 6) is -0.641. The van der Waals surface area contributed by atoms with Crippen LogP contribution in [0.5, 0.6) is 0 Å². The highest BCUT2D eigenvalue weighted by atomic mass is 35.5. The fourth-order valence-electron chi connectivity index (χ4n) is 2.66. The lowest BCUT2D eigenvalue weighted by Gasteiger charge is -2.13. The van der Waals surface area contributed by atoms with Crippen molar-refractivity contribution >= 4 is 27.6 Å². The van der Waals surface area contributed by atoms with Crippen molar-refractivity contribution in [2.45, 2.75) is 18.0 Å². The molecule has 3 aromatic rings. The van der Waals surface area contributed by atoms with E-state index >= 15 is 0 Å². The number of carbonyl (C=O) groups is 1. The van der Waals surface area contributed by atoms with Crippen LogP contribution in [0.2, 0.25) is 5.02 Å². The van der Waals surface area contributed by atoms with Gasteiger partial charge in [0.25, 0.3) is 0 Å². The summed E-state index contributed by atoms with van der Waals surface area (Å²) in [7, 11) is -2.72. The number of rotatable bonds is 7. The molecule has 0 spiro atoms. The van der Waals surface area contributed by atoms with Gasteiger partial charge in [-0.1, -0.05) is 35.9 Å². The van der Waals surface area contributed by atoms with Crippen molar-refractivity contribution in [3.8, 4) is 0 Å². The first-order chi connectivity index (χ1) is 13.4. The molecular formula is C19H18ClN3O4S. The van der Waals surface area contributed by atoms with Crippen LogP contribution in [0.25, 0.3) is 0 Å². The molecule has 146 valence electrons. The highest BCUT2D eigenvalue weighted by molar-refractivity contribution is 7.89. The average Bonchev–Trinajstić information content (AvgIpc) is 3.20. The van der Waals surface area contributed by atoms with Gasteiger partial charge in [0.1, 0.15) is 4.90 Å². The zero-order valence-corrected chi connectivity index (χ0v) is 16.6. The molecule has 0 aliphatic rings. The van der Waals surface area contributed by atoms with Crippen LogP contribution in [-0.2, 0) is 27.8 Å². The van der Waals surface area contributed by atoms with Gasteiger partial charge in [0, 0.05) is 18.9 Å². The summed E-state index contributed by atoms with van der Waals surface area (Å²) in [6.45, 7) is 0.585. The fourth-order valence-corrected chi connectivity index (χ4v) is 4.19. The molecule has 0 saturated carbocycles. The SMILES string of the molecule is COC(=O)c1ccc(Cl)c(S(=O)(=O)NCc2ccccc2Cn2cccn2)c1. The van der Waals surface area contributed by atoms with E-state index in [9.17, 15) is 13.2 Å². The van der Waals surface area contributed by atoms with Crippen molar-refractivity contribution in [2.75, 3.05) is 7.11 Å². The second-order valence-electron chi connectivity index (χ2n) is 5.93. The second-order valence-corrected chi connectivity index (χ2v) is 8.08. The molecule has 9 heteroatoms. The largest absolute Gasteiger partial charge is 0.465 e. The third-order valence-corrected chi connectivity index (χ3v) is 5.99. The Morgan fingerprint density at radius 1 is 1.18 bits per heavy atom. The number of aromatic nitrogens is 2. The van der Waals surface area contributed by atoms with Crippen LogP contribution >= 0.6 is 11.6 Å². The van der Waals surface area contributed by atoms with Crippen LogP contribution in [-0.4, -0.2) is 31.3 Å².